The monoisotopic (exact) mass is 317 g/mol. The number of benzene rings is 2. The van der Waals surface area contributed by atoms with Gasteiger partial charge in [-0.25, -0.2) is 0 Å². The lowest BCUT2D eigenvalue weighted by Crippen LogP contribution is -2.25. The zero-order valence-corrected chi connectivity index (χ0v) is 12.4. The molecule has 0 heterocycles. The average Bonchev–Trinajstić information content (AvgIpc) is 2.41. The summed E-state index contributed by atoms with van der Waals surface area (Å²) in [6.07, 6.45) is 0.854. The van der Waals surface area contributed by atoms with E-state index in [1.54, 1.807) is 0 Å². The Bertz CT molecular complexity index is 580. The smallest absolute Gasteiger partial charge is 0.251 e. The van der Waals surface area contributed by atoms with Crippen molar-refractivity contribution in [1.82, 2.24) is 5.32 Å². The molecule has 98 valence electrons. The molecule has 0 radical (unpaired) electrons. The maximum absolute atomic E-state index is 11.9. The quantitative estimate of drug-likeness (QED) is 0.914. The first-order valence-corrected chi connectivity index (χ1v) is 7.04. The molecule has 2 rings (SSSR count). The van der Waals surface area contributed by atoms with Crippen molar-refractivity contribution in [2.75, 3.05) is 6.54 Å². The summed E-state index contributed by atoms with van der Waals surface area (Å²) in [5.74, 6) is -0.0325. The van der Waals surface area contributed by atoms with Gasteiger partial charge in [-0.3, -0.25) is 4.79 Å². The van der Waals surface area contributed by atoms with Crippen LogP contribution in [-0.2, 0) is 6.42 Å². The van der Waals surface area contributed by atoms with Gasteiger partial charge in [-0.1, -0.05) is 46.3 Å². The lowest BCUT2D eigenvalue weighted by molar-refractivity contribution is 0.0954. The van der Waals surface area contributed by atoms with Gasteiger partial charge in [0.25, 0.3) is 5.91 Å². The Morgan fingerprint density at radius 3 is 2.68 bits per heavy atom. The molecule has 0 fully saturated rings. The summed E-state index contributed by atoms with van der Waals surface area (Å²) >= 11 is 3.36. The van der Waals surface area contributed by atoms with E-state index in [9.17, 15) is 4.79 Å². The van der Waals surface area contributed by atoms with Gasteiger partial charge < -0.3 is 5.32 Å². The minimum Gasteiger partial charge on any atom is -0.352 e. The summed E-state index contributed by atoms with van der Waals surface area (Å²) in [4.78, 5) is 11.9. The Labute approximate surface area is 122 Å². The van der Waals surface area contributed by atoms with E-state index in [0.29, 0.717) is 12.1 Å². The van der Waals surface area contributed by atoms with Crippen LogP contribution >= 0.6 is 15.9 Å². The van der Waals surface area contributed by atoms with E-state index < -0.39 is 0 Å². The van der Waals surface area contributed by atoms with Crippen LogP contribution in [0.2, 0.25) is 0 Å². The lowest BCUT2D eigenvalue weighted by atomic mass is 10.1. The second-order valence-corrected chi connectivity index (χ2v) is 5.36. The second kappa shape index (κ2) is 6.53. The molecule has 3 heteroatoms. The van der Waals surface area contributed by atoms with Crippen LogP contribution in [0.15, 0.2) is 53.0 Å². The van der Waals surface area contributed by atoms with Gasteiger partial charge in [0, 0.05) is 16.6 Å². The van der Waals surface area contributed by atoms with Gasteiger partial charge in [0.2, 0.25) is 0 Å². The van der Waals surface area contributed by atoms with E-state index in [1.807, 2.05) is 36.4 Å². The van der Waals surface area contributed by atoms with Gasteiger partial charge in [-0.15, -0.1) is 0 Å². The number of aryl methyl sites for hydroxylation is 1. The Kier molecular flexibility index (Phi) is 4.74. The van der Waals surface area contributed by atoms with Crippen LogP contribution in [0, 0.1) is 6.92 Å². The molecule has 19 heavy (non-hydrogen) atoms. The fourth-order valence-electron chi connectivity index (χ4n) is 1.93. The number of nitrogens with one attached hydrogen (secondary N) is 1. The highest BCUT2D eigenvalue weighted by atomic mass is 79.9. The Morgan fingerprint density at radius 2 is 1.95 bits per heavy atom. The molecule has 0 saturated heterocycles. The summed E-state index contributed by atoms with van der Waals surface area (Å²) in [5.41, 5.74) is 3.22. The summed E-state index contributed by atoms with van der Waals surface area (Å²) in [6.45, 7) is 2.74. The molecule has 2 nitrogen and oxygen atoms in total. The molecule has 0 spiro atoms. The molecule has 2 aromatic carbocycles. The first kappa shape index (κ1) is 13.8. The molecule has 0 unspecified atom stereocenters. The van der Waals surface area contributed by atoms with E-state index in [0.717, 1.165) is 10.9 Å². The van der Waals surface area contributed by atoms with Gasteiger partial charge in [0.15, 0.2) is 0 Å². The third-order valence-corrected chi connectivity index (χ3v) is 3.52. The van der Waals surface area contributed by atoms with Gasteiger partial charge in [0.05, 0.1) is 0 Å². The normalized spacial score (nSPS) is 10.2. The molecule has 0 saturated carbocycles. The largest absolute Gasteiger partial charge is 0.352 e. The van der Waals surface area contributed by atoms with Gasteiger partial charge in [-0.05, 0) is 42.7 Å². The fourth-order valence-corrected chi connectivity index (χ4v) is 2.33. The van der Waals surface area contributed by atoms with Gasteiger partial charge in [0.1, 0.15) is 0 Å². The van der Waals surface area contributed by atoms with Crippen molar-refractivity contribution in [2.24, 2.45) is 0 Å². The molecule has 2 aromatic rings. The van der Waals surface area contributed by atoms with Gasteiger partial charge in [-0.2, -0.15) is 0 Å². The molecule has 1 amide bonds. The van der Waals surface area contributed by atoms with Crippen molar-refractivity contribution >= 4 is 21.8 Å². The Hall–Kier alpha value is -1.61. The standard InChI is InChI=1S/C16H16BrNO/c1-12-5-2-3-6-13(12)9-10-18-16(19)14-7-4-8-15(17)11-14/h2-8,11H,9-10H2,1H3,(H,18,19). The Morgan fingerprint density at radius 1 is 1.16 bits per heavy atom. The molecule has 0 bridgehead atoms. The lowest BCUT2D eigenvalue weighted by Gasteiger charge is -2.07. The number of amides is 1. The second-order valence-electron chi connectivity index (χ2n) is 4.44. The van der Waals surface area contributed by atoms with Gasteiger partial charge >= 0.3 is 0 Å². The third-order valence-electron chi connectivity index (χ3n) is 3.03. The maximum atomic E-state index is 11.9. The van der Waals surface area contributed by atoms with Crippen LogP contribution in [0.25, 0.3) is 0 Å². The van der Waals surface area contributed by atoms with Crippen molar-refractivity contribution < 1.29 is 4.79 Å². The molecule has 0 aliphatic carbocycles. The summed E-state index contributed by atoms with van der Waals surface area (Å²) in [7, 11) is 0. The van der Waals surface area contributed by atoms with Crippen LogP contribution in [0.1, 0.15) is 21.5 Å². The zero-order valence-electron chi connectivity index (χ0n) is 10.8. The number of halogens is 1. The average molecular weight is 318 g/mol. The summed E-state index contributed by atoms with van der Waals surface area (Å²) in [5, 5.41) is 2.94. The zero-order chi connectivity index (χ0) is 13.7. The van der Waals surface area contributed by atoms with Crippen molar-refractivity contribution in [1.29, 1.82) is 0 Å². The number of hydrogen-bond acceptors (Lipinski definition) is 1. The van der Waals surface area contributed by atoms with E-state index in [1.165, 1.54) is 11.1 Å². The topological polar surface area (TPSA) is 29.1 Å². The first-order valence-electron chi connectivity index (χ1n) is 6.25. The van der Waals surface area contributed by atoms with E-state index in [2.05, 4.69) is 40.3 Å². The number of carbonyl (C=O) groups excluding carboxylic acids is 1. The number of rotatable bonds is 4. The molecular weight excluding hydrogens is 302 g/mol. The minimum absolute atomic E-state index is 0.0325. The molecule has 0 atom stereocenters. The summed E-state index contributed by atoms with van der Waals surface area (Å²) in [6, 6.07) is 15.6. The molecule has 0 aromatic heterocycles. The van der Waals surface area contributed by atoms with E-state index in [4.69, 9.17) is 0 Å². The number of carbonyl (C=O) groups is 1. The minimum atomic E-state index is -0.0325. The predicted octanol–water partition coefficient (Wildman–Crippen LogP) is 3.73. The summed E-state index contributed by atoms with van der Waals surface area (Å²) < 4.78 is 0.916. The van der Waals surface area contributed by atoms with Crippen LogP contribution in [0.4, 0.5) is 0 Å². The van der Waals surface area contributed by atoms with Crippen LogP contribution in [0.3, 0.4) is 0 Å². The van der Waals surface area contributed by atoms with Crippen molar-refractivity contribution in [3.05, 3.63) is 69.7 Å². The SMILES string of the molecule is Cc1ccccc1CCNC(=O)c1cccc(Br)c1. The fraction of sp³-hybridized carbons (Fsp3) is 0.188. The van der Waals surface area contributed by atoms with Crippen LogP contribution < -0.4 is 5.32 Å². The predicted molar refractivity (Wildman–Crippen MR) is 81.4 cm³/mol. The van der Waals surface area contributed by atoms with Crippen LogP contribution in [0.5, 0.6) is 0 Å². The number of hydrogen-bond donors (Lipinski definition) is 1. The van der Waals surface area contributed by atoms with E-state index >= 15 is 0 Å². The molecule has 0 aliphatic heterocycles. The highest BCUT2D eigenvalue weighted by Gasteiger charge is 2.05. The van der Waals surface area contributed by atoms with Crippen LogP contribution in [-0.4, -0.2) is 12.5 Å². The Balaban J connectivity index is 1.90. The van der Waals surface area contributed by atoms with Crippen molar-refractivity contribution in [3.63, 3.8) is 0 Å². The van der Waals surface area contributed by atoms with E-state index in [-0.39, 0.29) is 5.91 Å². The maximum Gasteiger partial charge on any atom is 0.251 e. The highest BCUT2D eigenvalue weighted by Crippen LogP contribution is 2.11. The molecular formula is C16H16BrNO. The highest BCUT2D eigenvalue weighted by molar-refractivity contribution is 9.10. The molecule has 0 aliphatic rings. The first-order chi connectivity index (χ1) is 9.16. The third kappa shape index (κ3) is 3.93. The van der Waals surface area contributed by atoms with Crippen molar-refractivity contribution in [2.45, 2.75) is 13.3 Å². The molecule has 1 N–H and O–H groups in total. The van der Waals surface area contributed by atoms with Crippen molar-refractivity contribution in [3.8, 4) is 0 Å².